The number of benzene rings is 1. The number of aryl methyl sites for hydroxylation is 1. The third-order valence-electron chi connectivity index (χ3n) is 4.93. The highest BCUT2D eigenvalue weighted by Gasteiger charge is 2.18. The maximum absolute atomic E-state index is 12.3. The highest BCUT2D eigenvalue weighted by Crippen LogP contribution is 2.24. The number of amides is 1. The second-order valence-corrected chi connectivity index (χ2v) is 6.68. The summed E-state index contributed by atoms with van der Waals surface area (Å²) in [5.41, 5.74) is 2.40. The molecule has 3 heteroatoms. The summed E-state index contributed by atoms with van der Waals surface area (Å²) in [6.45, 7) is 0.940. The van der Waals surface area contributed by atoms with Gasteiger partial charge in [-0.05, 0) is 54.3 Å². The zero-order valence-electron chi connectivity index (χ0n) is 13.5. The lowest BCUT2D eigenvalue weighted by molar-refractivity contribution is -0.130. The predicted octanol–water partition coefficient (Wildman–Crippen LogP) is 4.14. The third kappa shape index (κ3) is 3.70. The summed E-state index contributed by atoms with van der Waals surface area (Å²) in [4.78, 5) is 17.5. The van der Waals surface area contributed by atoms with Crippen molar-refractivity contribution in [1.29, 1.82) is 0 Å². The molecular formula is C19H26N2O. The van der Waals surface area contributed by atoms with Crippen LogP contribution in [0.1, 0.15) is 44.1 Å². The fourth-order valence-electron chi connectivity index (χ4n) is 3.56. The van der Waals surface area contributed by atoms with Crippen molar-refractivity contribution in [3.63, 3.8) is 0 Å². The summed E-state index contributed by atoms with van der Waals surface area (Å²) in [7, 11) is 1.96. The molecule has 1 fully saturated rings. The SMILES string of the molecule is CN(CC1CCCCC1)C(=O)CCc1ccc2[nH]ccc2c1. The van der Waals surface area contributed by atoms with Gasteiger partial charge in [0.25, 0.3) is 0 Å². The maximum Gasteiger partial charge on any atom is 0.222 e. The molecule has 1 aliphatic carbocycles. The van der Waals surface area contributed by atoms with Crippen LogP contribution < -0.4 is 0 Å². The van der Waals surface area contributed by atoms with Gasteiger partial charge in [0.15, 0.2) is 0 Å². The number of nitrogens with one attached hydrogen (secondary N) is 1. The lowest BCUT2D eigenvalue weighted by atomic mass is 9.89. The fraction of sp³-hybridized carbons (Fsp3) is 0.526. The van der Waals surface area contributed by atoms with Crippen LogP contribution in [-0.4, -0.2) is 29.4 Å². The molecule has 0 bridgehead atoms. The number of hydrogen-bond acceptors (Lipinski definition) is 1. The van der Waals surface area contributed by atoms with Crippen LogP contribution in [0, 0.1) is 5.92 Å². The van der Waals surface area contributed by atoms with Crippen molar-refractivity contribution < 1.29 is 4.79 Å². The van der Waals surface area contributed by atoms with Crippen LogP contribution in [0.2, 0.25) is 0 Å². The minimum Gasteiger partial charge on any atom is -0.361 e. The van der Waals surface area contributed by atoms with Crippen LogP contribution in [0.25, 0.3) is 10.9 Å². The van der Waals surface area contributed by atoms with E-state index in [0.29, 0.717) is 6.42 Å². The van der Waals surface area contributed by atoms with Crippen LogP contribution in [0.15, 0.2) is 30.5 Å². The Morgan fingerprint density at radius 1 is 1.23 bits per heavy atom. The van der Waals surface area contributed by atoms with Gasteiger partial charge in [0.05, 0.1) is 0 Å². The standard InChI is InChI=1S/C19H26N2O/c1-21(14-16-5-3-2-4-6-16)19(22)10-8-15-7-9-18-17(13-15)11-12-20-18/h7,9,11-13,16,20H,2-6,8,10,14H2,1H3. The molecular weight excluding hydrogens is 272 g/mol. The Labute approximate surface area is 132 Å². The Kier molecular flexibility index (Phi) is 4.81. The summed E-state index contributed by atoms with van der Waals surface area (Å²) < 4.78 is 0. The van der Waals surface area contributed by atoms with Crippen molar-refractivity contribution in [2.75, 3.05) is 13.6 Å². The van der Waals surface area contributed by atoms with Crippen molar-refractivity contribution in [3.05, 3.63) is 36.0 Å². The number of hydrogen-bond donors (Lipinski definition) is 1. The molecule has 0 aliphatic heterocycles. The molecule has 1 N–H and O–H groups in total. The number of carbonyl (C=O) groups is 1. The van der Waals surface area contributed by atoms with Gasteiger partial charge >= 0.3 is 0 Å². The molecule has 3 rings (SSSR count). The van der Waals surface area contributed by atoms with Crippen molar-refractivity contribution in [3.8, 4) is 0 Å². The molecule has 1 aromatic heterocycles. The summed E-state index contributed by atoms with van der Waals surface area (Å²) in [6.07, 6.45) is 10.0. The minimum atomic E-state index is 0.278. The molecule has 0 spiro atoms. The van der Waals surface area contributed by atoms with Gasteiger partial charge in [-0.15, -0.1) is 0 Å². The van der Waals surface area contributed by atoms with Crippen LogP contribution in [0.4, 0.5) is 0 Å². The normalized spacial score (nSPS) is 16.0. The first-order valence-corrected chi connectivity index (χ1v) is 8.52. The maximum atomic E-state index is 12.3. The van der Waals surface area contributed by atoms with Crippen LogP contribution in [0.5, 0.6) is 0 Å². The van der Waals surface area contributed by atoms with E-state index in [0.717, 1.165) is 24.4 Å². The first-order chi connectivity index (χ1) is 10.7. The largest absolute Gasteiger partial charge is 0.361 e. The highest BCUT2D eigenvalue weighted by atomic mass is 16.2. The molecule has 1 saturated carbocycles. The van der Waals surface area contributed by atoms with Crippen molar-refractivity contribution in [2.24, 2.45) is 5.92 Å². The van der Waals surface area contributed by atoms with E-state index in [1.54, 1.807) is 0 Å². The average Bonchev–Trinajstić information content (AvgIpc) is 3.01. The van der Waals surface area contributed by atoms with Gasteiger partial charge in [0, 0.05) is 31.7 Å². The third-order valence-corrected chi connectivity index (χ3v) is 4.93. The number of aromatic nitrogens is 1. The van der Waals surface area contributed by atoms with E-state index in [4.69, 9.17) is 0 Å². The number of rotatable bonds is 5. The average molecular weight is 298 g/mol. The monoisotopic (exact) mass is 298 g/mol. The molecule has 1 amide bonds. The van der Waals surface area contributed by atoms with Gasteiger partial charge in [-0.25, -0.2) is 0 Å². The predicted molar refractivity (Wildman–Crippen MR) is 90.8 cm³/mol. The Bertz CT molecular complexity index is 625. The summed E-state index contributed by atoms with van der Waals surface area (Å²) in [5, 5.41) is 1.22. The molecule has 1 aliphatic rings. The molecule has 0 unspecified atom stereocenters. The van der Waals surface area contributed by atoms with Gasteiger partial charge in [0.1, 0.15) is 0 Å². The first kappa shape index (κ1) is 15.1. The second-order valence-electron chi connectivity index (χ2n) is 6.68. The second kappa shape index (κ2) is 6.99. The van der Waals surface area contributed by atoms with E-state index in [9.17, 15) is 4.79 Å². The van der Waals surface area contributed by atoms with Gasteiger partial charge < -0.3 is 9.88 Å². The van der Waals surface area contributed by atoms with E-state index >= 15 is 0 Å². The number of H-pyrrole nitrogens is 1. The van der Waals surface area contributed by atoms with E-state index < -0.39 is 0 Å². The molecule has 1 aromatic carbocycles. The molecule has 0 saturated heterocycles. The number of fused-ring (bicyclic) bond motifs is 1. The summed E-state index contributed by atoms with van der Waals surface area (Å²) >= 11 is 0. The highest BCUT2D eigenvalue weighted by molar-refractivity contribution is 5.80. The lowest BCUT2D eigenvalue weighted by Gasteiger charge is -2.27. The number of nitrogens with zero attached hydrogens (tertiary/aromatic N) is 1. The van der Waals surface area contributed by atoms with Crippen LogP contribution in [-0.2, 0) is 11.2 Å². The molecule has 1 heterocycles. The molecule has 3 nitrogen and oxygen atoms in total. The Morgan fingerprint density at radius 2 is 2.05 bits per heavy atom. The van der Waals surface area contributed by atoms with Crippen LogP contribution >= 0.6 is 0 Å². The lowest BCUT2D eigenvalue weighted by Crippen LogP contribution is -2.32. The zero-order valence-corrected chi connectivity index (χ0v) is 13.5. The fourth-order valence-corrected chi connectivity index (χ4v) is 3.56. The minimum absolute atomic E-state index is 0.278. The van der Waals surface area contributed by atoms with Gasteiger partial charge in [-0.2, -0.15) is 0 Å². The van der Waals surface area contributed by atoms with Crippen molar-refractivity contribution >= 4 is 16.8 Å². The van der Waals surface area contributed by atoms with Gasteiger partial charge in [-0.3, -0.25) is 4.79 Å². The Morgan fingerprint density at radius 3 is 2.86 bits per heavy atom. The van der Waals surface area contributed by atoms with Gasteiger partial charge in [-0.1, -0.05) is 25.3 Å². The molecule has 0 atom stereocenters. The van der Waals surface area contributed by atoms with Crippen LogP contribution in [0.3, 0.4) is 0 Å². The van der Waals surface area contributed by atoms with E-state index in [-0.39, 0.29) is 5.91 Å². The summed E-state index contributed by atoms with van der Waals surface area (Å²) in [5.74, 6) is 0.999. The molecule has 118 valence electrons. The number of aromatic amines is 1. The molecule has 0 radical (unpaired) electrons. The van der Waals surface area contributed by atoms with E-state index in [2.05, 4.69) is 29.2 Å². The number of carbonyl (C=O) groups excluding carboxylic acids is 1. The first-order valence-electron chi connectivity index (χ1n) is 8.52. The smallest absolute Gasteiger partial charge is 0.222 e. The zero-order chi connectivity index (χ0) is 15.4. The quantitative estimate of drug-likeness (QED) is 0.885. The van der Waals surface area contributed by atoms with E-state index in [1.807, 2.05) is 18.1 Å². The van der Waals surface area contributed by atoms with Crippen molar-refractivity contribution in [2.45, 2.75) is 44.9 Å². The summed E-state index contributed by atoms with van der Waals surface area (Å²) in [6, 6.07) is 8.48. The molecule has 22 heavy (non-hydrogen) atoms. The molecule has 2 aromatic rings. The van der Waals surface area contributed by atoms with E-state index in [1.165, 1.54) is 43.1 Å². The Balaban J connectivity index is 1.50. The topological polar surface area (TPSA) is 36.1 Å². The van der Waals surface area contributed by atoms with Crippen molar-refractivity contribution in [1.82, 2.24) is 9.88 Å². The Hall–Kier alpha value is -1.77. The van der Waals surface area contributed by atoms with Gasteiger partial charge in [0.2, 0.25) is 5.91 Å².